The molecule has 0 aliphatic carbocycles. The van der Waals surface area contributed by atoms with Gasteiger partial charge in [-0.15, -0.1) is 0 Å². The number of amides is 1. The highest BCUT2D eigenvalue weighted by Crippen LogP contribution is 2.07. The molecule has 0 saturated heterocycles. The number of nitrogens with two attached hydrogens (primary N) is 1. The van der Waals surface area contributed by atoms with Gasteiger partial charge in [0.1, 0.15) is 11.5 Å². The third-order valence-corrected chi connectivity index (χ3v) is 2.65. The third-order valence-electron chi connectivity index (χ3n) is 2.65. The minimum absolute atomic E-state index is 0.0264. The average Bonchev–Trinajstić information content (AvgIpc) is 2.40. The molecule has 0 spiro atoms. The monoisotopic (exact) mass is 285 g/mol. The molecule has 1 amide bonds. The van der Waals surface area contributed by atoms with Crippen molar-refractivity contribution in [3.05, 3.63) is 20.8 Å². The molecule has 0 unspecified atom stereocenters. The molecular formula is C11H19N5O4. The normalized spacial score (nSPS) is 10.3. The molecule has 0 radical (unpaired) electrons. The number of ether oxygens (including phenoxy) is 1. The van der Waals surface area contributed by atoms with Crippen LogP contribution in [-0.4, -0.2) is 42.3 Å². The van der Waals surface area contributed by atoms with Crippen molar-refractivity contribution in [2.45, 2.75) is 6.42 Å². The first-order valence-corrected chi connectivity index (χ1v) is 6.05. The topological polar surface area (TPSA) is 131 Å². The van der Waals surface area contributed by atoms with Gasteiger partial charge in [-0.25, -0.2) is 4.79 Å². The van der Waals surface area contributed by atoms with Crippen LogP contribution < -0.4 is 27.6 Å². The molecule has 0 aromatic carbocycles. The number of rotatable bonds is 7. The van der Waals surface area contributed by atoms with Gasteiger partial charge in [0.25, 0.3) is 5.56 Å². The molecule has 1 aromatic heterocycles. The predicted octanol–water partition coefficient (Wildman–Crippen LogP) is -1.78. The number of nitrogens with zero attached hydrogens (tertiary/aromatic N) is 1. The van der Waals surface area contributed by atoms with E-state index < -0.39 is 11.2 Å². The largest absolute Gasteiger partial charge is 0.383 e. The zero-order valence-electron chi connectivity index (χ0n) is 11.5. The second kappa shape index (κ2) is 7.34. The van der Waals surface area contributed by atoms with E-state index in [4.69, 9.17) is 10.5 Å². The Kier molecular flexibility index (Phi) is 5.78. The number of aromatic amines is 1. The van der Waals surface area contributed by atoms with Gasteiger partial charge in [0.2, 0.25) is 5.91 Å². The van der Waals surface area contributed by atoms with Crippen molar-refractivity contribution < 1.29 is 9.53 Å². The Bertz CT molecular complexity index is 577. The van der Waals surface area contributed by atoms with Crippen LogP contribution in [0.2, 0.25) is 0 Å². The number of nitrogens with one attached hydrogen (secondary N) is 3. The number of nitrogen functional groups attached to an aromatic ring is 1. The predicted molar refractivity (Wildman–Crippen MR) is 74.7 cm³/mol. The lowest BCUT2D eigenvalue weighted by atomic mass is 10.3. The molecule has 0 bridgehead atoms. The summed E-state index contributed by atoms with van der Waals surface area (Å²) in [5.41, 5.74) is 4.55. The Morgan fingerprint density at radius 1 is 1.40 bits per heavy atom. The summed E-state index contributed by atoms with van der Waals surface area (Å²) in [6, 6.07) is 0. The maximum Gasteiger partial charge on any atom is 0.329 e. The van der Waals surface area contributed by atoms with Crippen LogP contribution in [0.4, 0.5) is 11.5 Å². The first kappa shape index (κ1) is 15.8. The lowest BCUT2D eigenvalue weighted by molar-refractivity contribution is -0.121. The summed E-state index contributed by atoms with van der Waals surface area (Å²) in [5.74, 6) is -0.145. The summed E-state index contributed by atoms with van der Waals surface area (Å²) in [4.78, 5) is 36.4. The molecule has 9 heteroatoms. The van der Waals surface area contributed by atoms with Crippen molar-refractivity contribution in [1.29, 1.82) is 0 Å². The first-order valence-electron chi connectivity index (χ1n) is 6.05. The maximum atomic E-state index is 11.6. The fourth-order valence-electron chi connectivity index (χ4n) is 1.49. The fraction of sp³-hybridized carbons (Fsp3) is 0.545. The molecule has 5 N–H and O–H groups in total. The molecule has 1 aromatic rings. The molecule has 9 nitrogen and oxygen atoms in total. The van der Waals surface area contributed by atoms with Crippen molar-refractivity contribution in [3.63, 3.8) is 0 Å². The van der Waals surface area contributed by atoms with E-state index in [1.54, 1.807) is 7.11 Å². The summed E-state index contributed by atoms with van der Waals surface area (Å²) in [6.07, 6.45) is 0.172. The molecule has 0 aliphatic heterocycles. The number of methoxy groups -OCH3 is 1. The Labute approximate surface area is 115 Å². The molecule has 0 aliphatic rings. The van der Waals surface area contributed by atoms with Gasteiger partial charge < -0.3 is 21.1 Å². The second-order valence-electron chi connectivity index (χ2n) is 4.10. The Morgan fingerprint density at radius 2 is 2.10 bits per heavy atom. The van der Waals surface area contributed by atoms with E-state index in [-0.39, 0.29) is 30.4 Å². The summed E-state index contributed by atoms with van der Waals surface area (Å²) in [7, 11) is 2.98. The Hall–Kier alpha value is -2.29. The van der Waals surface area contributed by atoms with E-state index in [1.807, 2.05) is 0 Å². The Balaban J connectivity index is 2.55. The SMILES string of the molecule is COCCNC(=O)CCNc1c(N)n(C)c(=O)[nH]c1=O. The fourth-order valence-corrected chi connectivity index (χ4v) is 1.49. The van der Waals surface area contributed by atoms with E-state index in [0.717, 1.165) is 4.57 Å². The highest BCUT2D eigenvalue weighted by molar-refractivity contribution is 5.76. The van der Waals surface area contributed by atoms with Crippen LogP contribution in [-0.2, 0) is 16.6 Å². The van der Waals surface area contributed by atoms with Gasteiger partial charge in [-0.2, -0.15) is 0 Å². The van der Waals surface area contributed by atoms with Crippen LogP contribution in [0.5, 0.6) is 0 Å². The van der Waals surface area contributed by atoms with E-state index in [1.165, 1.54) is 7.05 Å². The first-order chi connectivity index (χ1) is 9.47. The summed E-state index contributed by atoms with van der Waals surface area (Å²) in [6.45, 7) is 1.09. The van der Waals surface area contributed by atoms with Gasteiger partial charge in [0.05, 0.1) is 6.61 Å². The van der Waals surface area contributed by atoms with Gasteiger partial charge in [-0.1, -0.05) is 0 Å². The summed E-state index contributed by atoms with van der Waals surface area (Å²) < 4.78 is 5.91. The van der Waals surface area contributed by atoms with Crippen LogP contribution in [0, 0.1) is 0 Å². The summed E-state index contributed by atoms with van der Waals surface area (Å²) >= 11 is 0. The number of hydrogen-bond acceptors (Lipinski definition) is 6. The van der Waals surface area contributed by atoms with Crippen molar-refractivity contribution in [2.24, 2.45) is 7.05 Å². The number of anilines is 2. The van der Waals surface area contributed by atoms with Crippen molar-refractivity contribution in [2.75, 3.05) is 37.9 Å². The Morgan fingerprint density at radius 3 is 2.75 bits per heavy atom. The lowest BCUT2D eigenvalue weighted by Gasteiger charge is -2.10. The molecule has 0 atom stereocenters. The molecule has 0 fully saturated rings. The van der Waals surface area contributed by atoms with Gasteiger partial charge in [0.15, 0.2) is 0 Å². The minimum atomic E-state index is -0.606. The highest BCUT2D eigenvalue weighted by Gasteiger charge is 2.09. The molecular weight excluding hydrogens is 266 g/mol. The summed E-state index contributed by atoms with van der Waals surface area (Å²) in [5, 5.41) is 5.39. The van der Waals surface area contributed by atoms with Gasteiger partial charge >= 0.3 is 5.69 Å². The van der Waals surface area contributed by atoms with Crippen LogP contribution in [0.25, 0.3) is 0 Å². The number of hydrogen-bond donors (Lipinski definition) is 4. The molecule has 1 heterocycles. The number of carbonyl (C=O) groups is 1. The van der Waals surface area contributed by atoms with Crippen molar-refractivity contribution in [1.82, 2.24) is 14.9 Å². The van der Waals surface area contributed by atoms with E-state index in [9.17, 15) is 14.4 Å². The van der Waals surface area contributed by atoms with Crippen molar-refractivity contribution >= 4 is 17.4 Å². The van der Waals surface area contributed by atoms with Crippen LogP contribution in [0.1, 0.15) is 6.42 Å². The standard InChI is InChI=1S/C11H19N5O4/c1-16-9(12)8(10(18)15-11(16)19)14-4-3-7(17)13-5-6-20-2/h14H,3-6,12H2,1-2H3,(H,13,17)(H,15,18,19). The van der Waals surface area contributed by atoms with Crippen LogP contribution >= 0.6 is 0 Å². The lowest BCUT2D eigenvalue weighted by Crippen LogP contribution is -2.33. The number of carbonyl (C=O) groups excluding carboxylic acids is 1. The number of H-pyrrole nitrogens is 1. The van der Waals surface area contributed by atoms with Gasteiger partial charge in [-0.05, 0) is 0 Å². The molecule has 112 valence electrons. The molecule has 1 rings (SSSR count). The molecule has 20 heavy (non-hydrogen) atoms. The van der Waals surface area contributed by atoms with Crippen molar-refractivity contribution in [3.8, 4) is 0 Å². The van der Waals surface area contributed by atoms with E-state index in [2.05, 4.69) is 15.6 Å². The van der Waals surface area contributed by atoms with E-state index >= 15 is 0 Å². The van der Waals surface area contributed by atoms with Gasteiger partial charge in [-0.3, -0.25) is 19.1 Å². The third kappa shape index (κ3) is 4.12. The smallest absolute Gasteiger partial charge is 0.329 e. The molecule has 0 saturated carbocycles. The zero-order chi connectivity index (χ0) is 15.1. The second-order valence-corrected chi connectivity index (χ2v) is 4.10. The quantitative estimate of drug-likeness (QED) is 0.438. The average molecular weight is 285 g/mol. The minimum Gasteiger partial charge on any atom is -0.383 e. The van der Waals surface area contributed by atoms with E-state index in [0.29, 0.717) is 13.2 Å². The van der Waals surface area contributed by atoms with Gasteiger partial charge in [0, 0.05) is 33.7 Å². The van der Waals surface area contributed by atoms with Crippen LogP contribution in [0.15, 0.2) is 9.59 Å². The maximum absolute atomic E-state index is 11.6. The highest BCUT2D eigenvalue weighted by atomic mass is 16.5. The number of aromatic nitrogens is 2. The van der Waals surface area contributed by atoms with Crippen LogP contribution in [0.3, 0.4) is 0 Å². The zero-order valence-corrected chi connectivity index (χ0v) is 11.5.